The lowest BCUT2D eigenvalue weighted by molar-refractivity contribution is -0.139. The summed E-state index contributed by atoms with van der Waals surface area (Å²) >= 11 is 0. The Morgan fingerprint density at radius 2 is 1.88 bits per heavy atom. The van der Waals surface area contributed by atoms with Gasteiger partial charge in [0, 0.05) is 17.8 Å². The number of hydrogen-bond acceptors (Lipinski definition) is 3. The lowest BCUT2D eigenvalue weighted by atomic mass is 10.1. The fourth-order valence-electron chi connectivity index (χ4n) is 3.35. The molecule has 2 aromatic rings. The summed E-state index contributed by atoms with van der Waals surface area (Å²) in [4.78, 5) is 26.2. The van der Waals surface area contributed by atoms with Crippen LogP contribution in [-0.2, 0) is 11.2 Å². The maximum absolute atomic E-state index is 12.9. The van der Waals surface area contributed by atoms with E-state index in [0.29, 0.717) is 24.9 Å². The molecule has 1 amide bonds. The summed E-state index contributed by atoms with van der Waals surface area (Å²) in [5.74, 6) is 0.259. The molecule has 1 aliphatic carbocycles. The molecule has 1 aliphatic heterocycles. The van der Waals surface area contributed by atoms with Crippen molar-refractivity contribution in [2.45, 2.75) is 38.3 Å². The highest BCUT2D eigenvalue weighted by Gasteiger charge is 2.32. The van der Waals surface area contributed by atoms with Crippen molar-refractivity contribution in [3.8, 4) is 5.75 Å². The normalized spacial score (nSPS) is 17.1. The van der Waals surface area contributed by atoms with Gasteiger partial charge in [-0.25, -0.2) is 4.39 Å². The lowest BCUT2D eigenvalue weighted by Gasteiger charge is -2.39. The minimum Gasteiger partial charge on any atom is -0.486 e. The molecule has 0 atom stereocenters. The first-order chi connectivity index (χ1) is 12.5. The van der Waals surface area contributed by atoms with Crippen LogP contribution >= 0.6 is 0 Å². The van der Waals surface area contributed by atoms with Gasteiger partial charge in [-0.05, 0) is 43.5 Å². The molecule has 6 heteroatoms. The monoisotopic (exact) mass is 356 g/mol. The van der Waals surface area contributed by atoms with Crippen LogP contribution in [0, 0.1) is 12.7 Å². The van der Waals surface area contributed by atoms with Gasteiger partial charge in [-0.15, -0.1) is 0 Å². The molecule has 0 radical (unpaired) electrons. The van der Waals surface area contributed by atoms with E-state index in [1.165, 1.54) is 18.2 Å². The Bertz CT molecular complexity index is 881. The highest BCUT2D eigenvalue weighted by atomic mass is 19.1. The SMILES string of the molecule is Cc1cc(OC2CN(C(=O)Cc3ccc(F)cc3)C2)cc(=O)n1C1CC1. The van der Waals surface area contributed by atoms with Crippen molar-refractivity contribution < 1.29 is 13.9 Å². The molecule has 26 heavy (non-hydrogen) atoms. The van der Waals surface area contributed by atoms with Crippen molar-refractivity contribution in [2.75, 3.05) is 13.1 Å². The van der Waals surface area contributed by atoms with Crippen molar-refractivity contribution in [1.82, 2.24) is 9.47 Å². The number of pyridine rings is 1. The number of ether oxygens (including phenoxy) is 1. The van der Waals surface area contributed by atoms with Crippen LogP contribution in [0.25, 0.3) is 0 Å². The van der Waals surface area contributed by atoms with E-state index in [1.54, 1.807) is 17.0 Å². The van der Waals surface area contributed by atoms with Gasteiger partial charge in [-0.1, -0.05) is 12.1 Å². The van der Waals surface area contributed by atoms with Crippen molar-refractivity contribution in [1.29, 1.82) is 0 Å². The second-order valence-electron chi connectivity index (χ2n) is 7.11. The van der Waals surface area contributed by atoms with Crippen LogP contribution in [-0.4, -0.2) is 34.6 Å². The molecule has 1 saturated carbocycles. The Balaban J connectivity index is 1.31. The molecule has 2 aliphatic rings. The van der Waals surface area contributed by atoms with Crippen molar-refractivity contribution in [3.05, 3.63) is 63.8 Å². The average Bonchev–Trinajstić information content (AvgIpc) is 3.37. The molecule has 4 rings (SSSR count). The van der Waals surface area contributed by atoms with Crippen LogP contribution in [0.2, 0.25) is 0 Å². The zero-order chi connectivity index (χ0) is 18.3. The summed E-state index contributed by atoms with van der Waals surface area (Å²) in [6, 6.07) is 9.74. The van der Waals surface area contributed by atoms with E-state index in [0.717, 1.165) is 24.1 Å². The molecular weight excluding hydrogens is 335 g/mol. The molecule has 0 N–H and O–H groups in total. The number of carbonyl (C=O) groups excluding carboxylic acids is 1. The Hall–Kier alpha value is -2.63. The van der Waals surface area contributed by atoms with E-state index < -0.39 is 0 Å². The summed E-state index contributed by atoms with van der Waals surface area (Å²) < 4.78 is 20.6. The van der Waals surface area contributed by atoms with E-state index in [-0.39, 0.29) is 29.8 Å². The minimum atomic E-state index is -0.308. The summed E-state index contributed by atoms with van der Waals surface area (Å²) in [7, 11) is 0. The van der Waals surface area contributed by atoms with Crippen molar-refractivity contribution >= 4 is 5.91 Å². The van der Waals surface area contributed by atoms with E-state index >= 15 is 0 Å². The number of aryl methyl sites for hydroxylation is 1. The molecule has 136 valence electrons. The standard InChI is InChI=1S/C20H21FN2O3/c1-13-8-17(10-20(25)23(13)16-6-7-16)26-18-11-22(12-18)19(24)9-14-2-4-15(21)5-3-14/h2-5,8,10,16,18H,6-7,9,11-12H2,1H3. The molecule has 2 heterocycles. The third-order valence-electron chi connectivity index (χ3n) is 4.92. The van der Waals surface area contributed by atoms with Gasteiger partial charge >= 0.3 is 0 Å². The first-order valence-electron chi connectivity index (χ1n) is 8.91. The van der Waals surface area contributed by atoms with Gasteiger partial charge in [0.1, 0.15) is 17.7 Å². The van der Waals surface area contributed by atoms with Gasteiger partial charge in [0.05, 0.1) is 19.5 Å². The Kier molecular flexibility index (Phi) is 4.26. The van der Waals surface area contributed by atoms with Crippen LogP contribution in [0.15, 0.2) is 41.2 Å². The molecule has 0 spiro atoms. The second kappa shape index (κ2) is 6.59. The predicted octanol–water partition coefficient (Wildman–Crippen LogP) is 2.46. The van der Waals surface area contributed by atoms with Crippen LogP contribution in [0.1, 0.15) is 30.1 Å². The molecule has 0 bridgehead atoms. The van der Waals surface area contributed by atoms with Crippen LogP contribution in [0.4, 0.5) is 4.39 Å². The number of benzene rings is 1. The number of halogens is 1. The predicted molar refractivity (Wildman–Crippen MR) is 94.8 cm³/mol. The zero-order valence-electron chi connectivity index (χ0n) is 14.7. The number of hydrogen-bond donors (Lipinski definition) is 0. The van der Waals surface area contributed by atoms with Gasteiger partial charge in [0.15, 0.2) is 0 Å². The van der Waals surface area contributed by atoms with Gasteiger partial charge in [0.25, 0.3) is 5.56 Å². The van der Waals surface area contributed by atoms with Crippen molar-refractivity contribution in [2.24, 2.45) is 0 Å². The van der Waals surface area contributed by atoms with Crippen molar-refractivity contribution in [3.63, 3.8) is 0 Å². The molecule has 0 unspecified atom stereocenters. The van der Waals surface area contributed by atoms with Gasteiger partial charge in [-0.2, -0.15) is 0 Å². The fourth-order valence-corrected chi connectivity index (χ4v) is 3.35. The Morgan fingerprint density at radius 1 is 1.19 bits per heavy atom. The lowest BCUT2D eigenvalue weighted by Crippen LogP contribution is -2.56. The summed E-state index contributed by atoms with van der Waals surface area (Å²) in [5.41, 5.74) is 1.68. The number of amides is 1. The number of rotatable bonds is 5. The zero-order valence-corrected chi connectivity index (χ0v) is 14.7. The third-order valence-corrected chi connectivity index (χ3v) is 4.92. The number of carbonyl (C=O) groups is 1. The topological polar surface area (TPSA) is 51.5 Å². The van der Waals surface area contributed by atoms with E-state index in [4.69, 9.17) is 4.74 Å². The largest absolute Gasteiger partial charge is 0.486 e. The summed E-state index contributed by atoms with van der Waals surface area (Å²) in [5, 5.41) is 0. The Morgan fingerprint density at radius 3 is 2.50 bits per heavy atom. The minimum absolute atomic E-state index is 0.00297. The maximum Gasteiger partial charge on any atom is 0.254 e. The fraction of sp³-hybridized carbons (Fsp3) is 0.400. The average molecular weight is 356 g/mol. The van der Waals surface area contributed by atoms with E-state index in [2.05, 4.69) is 0 Å². The second-order valence-corrected chi connectivity index (χ2v) is 7.11. The quantitative estimate of drug-likeness (QED) is 0.827. The van der Waals surface area contributed by atoms with Crippen LogP contribution < -0.4 is 10.3 Å². The molecule has 2 fully saturated rings. The first-order valence-corrected chi connectivity index (χ1v) is 8.91. The van der Waals surface area contributed by atoms with Crippen LogP contribution in [0.5, 0.6) is 5.75 Å². The third kappa shape index (κ3) is 3.49. The molecule has 1 saturated heterocycles. The highest BCUT2D eigenvalue weighted by Crippen LogP contribution is 2.35. The molecule has 1 aromatic carbocycles. The number of likely N-dealkylation sites (tertiary alicyclic amines) is 1. The Labute approximate surface area is 151 Å². The van der Waals surface area contributed by atoms with E-state index in [1.807, 2.05) is 17.6 Å². The summed E-state index contributed by atoms with van der Waals surface area (Å²) in [6.07, 6.45) is 2.29. The van der Waals surface area contributed by atoms with Gasteiger partial charge < -0.3 is 14.2 Å². The molecular formula is C20H21FN2O3. The number of nitrogens with zero attached hydrogens (tertiary/aromatic N) is 2. The molecule has 1 aromatic heterocycles. The first kappa shape index (κ1) is 16.8. The van der Waals surface area contributed by atoms with Gasteiger partial charge in [-0.3, -0.25) is 9.59 Å². The van der Waals surface area contributed by atoms with Gasteiger partial charge in [0.2, 0.25) is 5.91 Å². The maximum atomic E-state index is 12.9. The molecule has 5 nitrogen and oxygen atoms in total. The van der Waals surface area contributed by atoms with Crippen LogP contribution in [0.3, 0.4) is 0 Å². The summed E-state index contributed by atoms with van der Waals surface area (Å²) in [6.45, 7) is 2.93. The van der Waals surface area contributed by atoms with E-state index in [9.17, 15) is 14.0 Å². The smallest absolute Gasteiger partial charge is 0.254 e. The highest BCUT2D eigenvalue weighted by molar-refractivity contribution is 5.79. The number of aromatic nitrogens is 1.